The van der Waals surface area contributed by atoms with Gasteiger partial charge in [0, 0.05) is 28.9 Å². The molecule has 140 valence electrons. The van der Waals surface area contributed by atoms with E-state index in [-0.39, 0.29) is 5.56 Å². The molecule has 0 fully saturated rings. The second-order valence-corrected chi connectivity index (χ2v) is 6.89. The normalized spacial score (nSPS) is 11.0. The molecule has 0 unspecified atom stereocenters. The summed E-state index contributed by atoms with van der Waals surface area (Å²) in [6, 6.07) is 25.5. The third kappa shape index (κ3) is 3.46. The van der Waals surface area contributed by atoms with Crippen LogP contribution >= 0.6 is 0 Å². The standard InChI is InChI=1S/C24H18N4O/c29-24-18(12-16-6-1-2-9-20(16)28-24)14-25-19-8-5-7-17(13-19)23-15-26-21-10-3-4-11-22(21)27-23/h1-13,15,25H,14H2,(H,28,29). The molecule has 5 rings (SSSR count). The van der Waals surface area contributed by atoms with Crippen LogP contribution in [0.25, 0.3) is 33.2 Å². The number of nitrogens with one attached hydrogen (secondary N) is 2. The SMILES string of the molecule is O=c1[nH]c2ccccc2cc1CNc1cccc(-c2cnc3ccccc3n2)c1. The van der Waals surface area contributed by atoms with Crippen molar-refractivity contribution in [2.24, 2.45) is 0 Å². The summed E-state index contributed by atoms with van der Waals surface area (Å²) >= 11 is 0. The van der Waals surface area contributed by atoms with Gasteiger partial charge in [0.1, 0.15) is 0 Å². The second kappa shape index (κ2) is 7.20. The monoisotopic (exact) mass is 378 g/mol. The molecule has 0 bridgehead atoms. The highest BCUT2D eigenvalue weighted by molar-refractivity contribution is 5.79. The lowest BCUT2D eigenvalue weighted by atomic mass is 10.1. The highest BCUT2D eigenvalue weighted by Crippen LogP contribution is 2.22. The van der Waals surface area contributed by atoms with Gasteiger partial charge in [0.05, 0.1) is 22.9 Å². The average Bonchev–Trinajstić information content (AvgIpc) is 2.77. The van der Waals surface area contributed by atoms with Crippen LogP contribution in [0, 0.1) is 0 Å². The number of pyridine rings is 1. The van der Waals surface area contributed by atoms with Gasteiger partial charge < -0.3 is 10.3 Å². The van der Waals surface area contributed by atoms with Gasteiger partial charge in [-0.25, -0.2) is 4.98 Å². The van der Waals surface area contributed by atoms with E-state index in [1.165, 1.54) is 0 Å². The van der Waals surface area contributed by atoms with Gasteiger partial charge >= 0.3 is 0 Å². The molecule has 3 aromatic carbocycles. The first-order chi connectivity index (χ1) is 14.3. The summed E-state index contributed by atoms with van der Waals surface area (Å²) < 4.78 is 0. The number of para-hydroxylation sites is 3. The van der Waals surface area contributed by atoms with Crippen LogP contribution in [-0.4, -0.2) is 15.0 Å². The van der Waals surface area contributed by atoms with E-state index >= 15 is 0 Å². The lowest BCUT2D eigenvalue weighted by molar-refractivity contribution is 1.09. The van der Waals surface area contributed by atoms with Crippen LogP contribution in [0.15, 0.2) is 89.9 Å². The zero-order valence-corrected chi connectivity index (χ0v) is 15.6. The first-order valence-corrected chi connectivity index (χ1v) is 9.43. The van der Waals surface area contributed by atoms with E-state index in [1.54, 1.807) is 6.20 Å². The Labute approximate surface area is 167 Å². The second-order valence-electron chi connectivity index (χ2n) is 6.89. The van der Waals surface area contributed by atoms with Crippen molar-refractivity contribution < 1.29 is 0 Å². The molecule has 5 heteroatoms. The van der Waals surface area contributed by atoms with Gasteiger partial charge in [-0.1, -0.05) is 42.5 Å². The molecule has 29 heavy (non-hydrogen) atoms. The molecule has 0 radical (unpaired) electrons. The Bertz CT molecular complexity index is 1390. The first kappa shape index (κ1) is 17.1. The van der Waals surface area contributed by atoms with E-state index in [2.05, 4.69) is 15.3 Å². The number of benzene rings is 3. The van der Waals surface area contributed by atoms with Crippen molar-refractivity contribution in [1.29, 1.82) is 0 Å². The van der Waals surface area contributed by atoms with Gasteiger partial charge in [-0.15, -0.1) is 0 Å². The van der Waals surface area contributed by atoms with Gasteiger partial charge in [-0.2, -0.15) is 0 Å². The highest BCUT2D eigenvalue weighted by Gasteiger charge is 2.06. The van der Waals surface area contributed by atoms with Gasteiger partial charge in [-0.3, -0.25) is 9.78 Å². The predicted octanol–water partition coefficient (Wildman–Crippen LogP) is 4.75. The first-order valence-electron chi connectivity index (χ1n) is 9.43. The fourth-order valence-electron chi connectivity index (χ4n) is 3.41. The summed E-state index contributed by atoms with van der Waals surface area (Å²) in [6.07, 6.45) is 1.79. The van der Waals surface area contributed by atoms with E-state index in [0.717, 1.165) is 38.9 Å². The quantitative estimate of drug-likeness (QED) is 0.473. The Hall–Kier alpha value is -3.99. The molecule has 0 aliphatic rings. The van der Waals surface area contributed by atoms with Gasteiger partial charge in [0.15, 0.2) is 0 Å². The third-order valence-electron chi connectivity index (χ3n) is 4.92. The summed E-state index contributed by atoms with van der Waals surface area (Å²) in [7, 11) is 0. The number of rotatable bonds is 4. The molecular weight excluding hydrogens is 360 g/mol. The summed E-state index contributed by atoms with van der Waals surface area (Å²) in [5.41, 5.74) is 5.92. The Morgan fingerprint density at radius 2 is 1.69 bits per heavy atom. The van der Waals surface area contributed by atoms with Gasteiger partial charge in [0.2, 0.25) is 0 Å². The number of fused-ring (bicyclic) bond motifs is 2. The van der Waals surface area contributed by atoms with Crippen molar-refractivity contribution >= 4 is 27.6 Å². The average molecular weight is 378 g/mol. The number of aromatic amines is 1. The summed E-state index contributed by atoms with van der Waals surface area (Å²) in [6.45, 7) is 0.438. The van der Waals surface area contributed by atoms with Crippen LogP contribution in [0.3, 0.4) is 0 Å². The molecule has 0 atom stereocenters. The summed E-state index contributed by atoms with van der Waals surface area (Å²) in [4.78, 5) is 24.5. The lowest BCUT2D eigenvalue weighted by Gasteiger charge is -2.09. The van der Waals surface area contributed by atoms with Crippen molar-refractivity contribution in [2.75, 3.05) is 5.32 Å². The molecule has 0 aliphatic carbocycles. The summed E-state index contributed by atoms with van der Waals surface area (Å²) in [5, 5.41) is 4.36. The minimum absolute atomic E-state index is 0.0762. The molecule has 2 N–H and O–H groups in total. The number of anilines is 1. The fourth-order valence-corrected chi connectivity index (χ4v) is 3.41. The molecular formula is C24H18N4O. The fraction of sp³-hybridized carbons (Fsp3) is 0.0417. The number of H-pyrrole nitrogens is 1. The Balaban J connectivity index is 1.41. The Morgan fingerprint density at radius 1 is 0.862 bits per heavy atom. The van der Waals surface area contributed by atoms with Gasteiger partial charge in [-0.05, 0) is 41.8 Å². The van der Waals surface area contributed by atoms with Crippen LogP contribution in [0.1, 0.15) is 5.56 Å². The zero-order chi connectivity index (χ0) is 19.6. The molecule has 0 saturated carbocycles. The van der Waals surface area contributed by atoms with Gasteiger partial charge in [0.25, 0.3) is 5.56 Å². The highest BCUT2D eigenvalue weighted by atomic mass is 16.1. The largest absolute Gasteiger partial charge is 0.381 e. The van der Waals surface area contributed by atoms with Crippen molar-refractivity contribution in [2.45, 2.75) is 6.54 Å². The van der Waals surface area contributed by atoms with Crippen molar-refractivity contribution in [3.63, 3.8) is 0 Å². The maximum atomic E-state index is 12.4. The van der Waals surface area contributed by atoms with E-state index in [0.29, 0.717) is 12.1 Å². The van der Waals surface area contributed by atoms with Crippen molar-refractivity contribution in [3.8, 4) is 11.3 Å². The Morgan fingerprint density at radius 3 is 2.62 bits per heavy atom. The van der Waals surface area contributed by atoms with E-state index in [1.807, 2.05) is 78.9 Å². The predicted molar refractivity (Wildman–Crippen MR) is 117 cm³/mol. The van der Waals surface area contributed by atoms with Crippen LogP contribution in [0.4, 0.5) is 5.69 Å². The maximum absolute atomic E-state index is 12.4. The van der Waals surface area contributed by atoms with E-state index < -0.39 is 0 Å². The van der Waals surface area contributed by atoms with Crippen LogP contribution in [0.2, 0.25) is 0 Å². The number of aromatic nitrogens is 3. The molecule has 0 aliphatic heterocycles. The zero-order valence-electron chi connectivity index (χ0n) is 15.6. The number of hydrogen-bond acceptors (Lipinski definition) is 4. The maximum Gasteiger partial charge on any atom is 0.253 e. The van der Waals surface area contributed by atoms with E-state index in [4.69, 9.17) is 4.98 Å². The molecule has 0 amide bonds. The van der Waals surface area contributed by atoms with Crippen LogP contribution < -0.4 is 10.9 Å². The van der Waals surface area contributed by atoms with Crippen LogP contribution in [-0.2, 0) is 6.54 Å². The van der Waals surface area contributed by atoms with E-state index in [9.17, 15) is 4.79 Å². The minimum Gasteiger partial charge on any atom is -0.381 e. The van der Waals surface area contributed by atoms with Crippen LogP contribution in [0.5, 0.6) is 0 Å². The molecule has 0 spiro atoms. The smallest absolute Gasteiger partial charge is 0.253 e. The van der Waals surface area contributed by atoms with Crippen molar-refractivity contribution in [1.82, 2.24) is 15.0 Å². The molecule has 0 saturated heterocycles. The lowest BCUT2D eigenvalue weighted by Crippen LogP contribution is -2.15. The topological polar surface area (TPSA) is 70.7 Å². The third-order valence-corrected chi connectivity index (χ3v) is 4.92. The number of nitrogens with zero attached hydrogens (tertiary/aromatic N) is 2. The molecule has 5 aromatic rings. The molecule has 2 heterocycles. The van der Waals surface area contributed by atoms with Crippen molar-refractivity contribution in [3.05, 3.63) is 101 Å². The minimum atomic E-state index is -0.0762. The number of hydrogen-bond donors (Lipinski definition) is 2. The summed E-state index contributed by atoms with van der Waals surface area (Å²) in [5.74, 6) is 0. The Kier molecular flexibility index (Phi) is 4.26. The molecule has 5 nitrogen and oxygen atoms in total. The molecule has 2 aromatic heterocycles.